The number of nitrogens with zero attached hydrogens (tertiary/aromatic N) is 3. The Kier molecular flexibility index (Phi) is 7.05. The topological polar surface area (TPSA) is 75.3 Å². The maximum atomic E-state index is 12.9. The van der Waals surface area contributed by atoms with Gasteiger partial charge < -0.3 is 9.47 Å². The predicted octanol–water partition coefficient (Wildman–Crippen LogP) is 3.38. The number of fused-ring (bicyclic) bond motifs is 1. The number of hydrogen-bond acceptors (Lipinski definition) is 5. The van der Waals surface area contributed by atoms with Crippen LogP contribution in [0.1, 0.15) is 31.2 Å². The number of carbonyl (C=O) groups is 1. The highest BCUT2D eigenvalue weighted by atomic mass is 16.5. The molecule has 170 valence electrons. The summed E-state index contributed by atoms with van der Waals surface area (Å²) in [6.07, 6.45) is 4.16. The van der Waals surface area contributed by atoms with Gasteiger partial charge in [-0.25, -0.2) is 4.79 Å². The number of carbonyl (C=O) groups excluding carboxylic acids is 1. The molecule has 1 fully saturated rings. The number of methoxy groups -OCH3 is 1. The fourth-order valence-corrected chi connectivity index (χ4v) is 4.60. The van der Waals surface area contributed by atoms with Crippen LogP contribution in [0.4, 0.5) is 0 Å². The fourth-order valence-electron chi connectivity index (χ4n) is 4.60. The van der Waals surface area contributed by atoms with Crippen molar-refractivity contribution in [3.05, 3.63) is 58.5 Å². The van der Waals surface area contributed by atoms with E-state index in [9.17, 15) is 9.59 Å². The summed E-state index contributed by atoms with van der Waals surface area (Å²) in [7, 11) is 3.40. The van der Waals surface area contributed by atoms with Crippen LogP contribution in [-0.2, 0) is 29.5 Å². The summed E-state index contributed by atoms with van der Waals surface area (Å²) in [5, 5.41) is 0. The number of pyridine rings is 1. The number of ketones is 1. The minimum atomic E-state index is -0.0659. The summed E-state index contributed by atoms with van der Waals surface area (Å²) in [6.45, 7) is 1.50. The Morgan fingerprint density at radius 2 is 1.81 bits per heavy atom. The zero-order chi connectivity index (χ0) is 22.5. The van der Waals surface area contributed by atoms with E-state index in [1.54, 1.807) is 29.4 Å². The molecule has 0 unspecified atom stereocenters. The third-order valence-electron chi connectivity index (χ3n) is 6.47. The van der Waals surface area contributed by atoms with Gasteiger partial charge in [0.15, 0.2) is 5.65 Å². The minimum Gasteiger partial charge on any atom is -0.475 e. The number of Topliss-reactive ketones (excluding diaryl/α,β-unsaturated/α-hetero) is 1. The summed E-state index contributed by atoms with van der Waals surface area (Å²) < 4.78 is 14.1. The van der Waals surface area contributed by atoms with Crippen LogP contribution in [0.25, 0.3) is 11.2 Å². The maximum Gasteiger partial charge on any atom is 0.330 e. The third-order valence-corrected chi connectivity index (χ3v) is 6.47. The van der Waals surface area contributed by atoms with Crippen LogP contribution in [0.3, 0.4) is 0 Å². The smallest absolute Gasteiger partial charge is 0.330 e. The Balaban J connectivity index is 1.41. The molecule has 0 radical (unpaired) electrons. The molecule has 0 amide bonds. The number of ether oxygens (including phenoxy) is 2. The summed E-state index contributed by atoms with van der Waals surface area (Å²) in [4.78, 5) is 30.2. The van der Waals surface area contributed by atoms with Gasteiger partial charge in [0.1, 0.15) is 12.4 Å². The Labute approximate surface area is 188 Å². The van der Waals surface area contributed by atoms with Crippen molar-refractivity contribution in [3.8, 4) is 5.88 Å². The highest BCUT2D eigenvalue weighted by Gasteiger charge is 2.27. The normalized spacial score (nSPS) is 18.7. The molecule has 7 nitrogen and oxygen atoms in total. The van der Waals surface area contributed by atoms with Gasteiger partial charge in [-0.1, -0.05) is 30.3 Å². The van der Waals surface area contributed by atoms with Crippen LogP contribution in [0, 0.1) is 11.8 Å². The highest BCUT2D eigenvalue weighted by molar-refractivity contribution is 5.83. The Hall–Kier alpha value is -2.93. The van der Waals surface area contributed by atoms with Crippen LogP contribution >= 0.6 is 0 Å². The monoisotopic (exact) mass is 437 g/mol. The number of hydrogen-bond donors (Lipinski definition) is 0. The van der Waals surface area contributed by atoms with Gasteiger partial charge in [0.25, 0.3) is 0 Å². The minimum absolute atomic E-state index is 0.0659. The van der Waals surface area contributed by atoms with E-state index in [0.717, 1.165) is 36.8 Å². The second kappa shape index (κ2) is 10.1. The first-order chi connectivity index (χ1) is 15.6. The lowest BCUT2D eigenvalue weighted by atomic mass is 9.79. The molecule has 1 aliphatic carbocycles. The summed E-state index contributed by atoms with van der Waals surface area (Å²) in [6, 6.07) is 13.6. The lowest BCUT2D eigenvalue weighted by Gasteiger charge is -2.27. The number of aryl methyl sites for hydroxylation is 1. The van der Waals surface area contributed by atoms with Gasteiger partial charge in [-0.15, -0.1) is 0 Å². The summed E-state index contributed by atoms with van der Waals surface area (Å²) in [5.74, 6) is 1.30. The van der Waals surface area contributed by atoms with Crippen molar-refractivity contribution in [3.63, 3.8) is 0 Å². The lowest BCUT2D eigenvalue weighted by molar-refractivity contribution is -0.123. The summed E-state index contributed by atoms with van der Waals surface area (Å²) in [5.41, 5.74) is 2.45. The Morgan fingerprint density at radius 3 is 2.53 bits per heavy atom. The standard InChI is InChI=1S/C25H31N3O4/c1-27-21-12-13-23(32-15-14-31-2)26-24(21)28(25(27)30)17-19-8-10-20(11-9-19)22(29)16-18-6-4-3-5-7-18/h3-7,12-13,19-20H,8-11,14-17H2,1-2H3. The van der Waals surface area contributed by atoms with Crippen LogP contribution in [-0.4, -0.2) is 40.2 Å². The van der Waals surface area contributed by atoms with Crippen molar-refractivity contribution in [2.24, 2.45) is 18.9 Å². The van der Waals surface area contributed by atoms with E-state index in [1.165, 1.54) is 0 Å². The molecular weight excluding hydrogens is 406 g/mol. The molecule has 32 heavy (non-hydrogen) atoms. The van der Waals surface area contributed by atoms with Crippen molar-refractivity contribution < 1.29 is 14.3 Å². The lowest BCUT2D eigenvalue weighted by Crippen LogP contribution is -2.29. The molecule has 0 atom stereocenters. The second-order valence-corrected chi connectivity index (χ2v) is 8.63. The van der Waals surface area contributed by atoms with Crippen molar-refractivity contribution >= 4 is 16.9 Å². The fraction of sp³-hybridized carbons (Fsp3) is 0.480. The molecule has 0 N–H and O–H groups in total. The van der Waals surface area contributed by atoms with E-state index in [-0.39, 0.29) is 11.6 Å². The average molecular weight is 438 g/mol. The van der Waals surface area contributed by atoms with Crippen molar-refractivity contribution in [2.45, 2.75) is 38.6 Å². The zero-order valence-corrected chi connectivity index (χ0v) is 18.8. The molecular formula is C25H31N3O4. The van der Waals surface area contributed by atoms with E-state index in [1.807, 2.05) is 36.4 Å². The molecule has 2 aromatic heterocycles. The van der Waals surface area contributed by atoms with Gasteiger partial charge in [-0.2, -0.15) is 4.98 Å². The molecule has 1 aromatic carbocycles. The zero-order valence-electron chi connectivity index (χ0n) is 18.8. The molecule has 0 aliphatic heterocycles. The van der Waals surface area contributed by atoms with Gasteiger partial charge in [0.05, 0.1) is 12.1 Å². The SMILES string of the molecule is COCCOc1ccc2c(n1)n(CC1CCC(C(=O)Cc3ccccc3)CC1)c(=O)n2C. The molecule has 3 aromatic rings. The van der Waals surface area contributed by atoms with Gasteiger partial charge in [0, 0.05) is 39.1 Å². The largest absolute Gasteiger partial charge is 0.475 e. The van der Waals surface area contributed by atoms with Crippen molar-refractivity contribution in [2.75, 3.05) is 20.3 Å². The molecule has 1 saturated carbocycles. The van der Waals surface area contributed by atoms with Crippen LogP contribution in [0.5, 0.6) is 5.88 Å². The number of imidazole rings is 1. The number of aromatic nitrogens is 3. The molecule has 0 saturated heterocycles. The molecule has 7 heteroatoms. The summed E-state index contributed by atoms with van der Waals surface area (Å²) >= 11 is 0. The van der Waals surface area contributed by atoms with E-state index >= 15 is 0 Å². The van der Waals surface area contributed by atoms with Crippen LogP contribution < -0.4 is 10.4 Å². The Bertz CT molecular complexity index is 1110. The molecule has 4 rings (SSSR count). The van der Waals surface area contributed by atoms with E-state index in [2.05, 4.69) is 4.98 Å². The quantitative estimate of drug-likeness (QED) is 0.480. The first kappa shape index (κ1) is 22.3. The van der Waals surface area contributed by atoms with Crippen molar-refractivity contribution in [1.82, 2.24) is 14.1 Å². The van der Waals surface area contributed by atoms with Gasteiger partial charge in [0.2, 0.25) is 5.88 Å². The van der Waals surface area contributed by atoms with Crippen LogP contribution in [0.2, 0.25) is 0 Å². The van der Waals surface area contributed by atoms with Gasteiger partial charge in [-0.3, -0.25) is 13.9 Å². The molecule has 2 heterocycles. The number of rotatable bonds is 9. The van der Waals surface area contributed by atoms with E-state index < -0.39 is 0 Å². The van der Waals surface area contributed by atoms with Crippen LogP contribution in [0.15, 0.2) is 47.3 Å². The number of benzene rings is 1. The average Bonchev–Trinajstić information content (AvgIpc) is 3.05. The maximum absolute atomic E-state index is 12.9. The van der Waals surface area contributed by atoms with E-state index in [4.69, 9.17) is 9.47 Å². The first-order valence-corrected chi connectivity index (χ1v) is 11.3. The first-order valence-electron chi connectivity index (χ1n) is 11.3. The van der Waals surface area contributed by atoms with Gasteiger partial charge >= 0.3 is 5.69 Å². The molecule has 0 bridgehead atoms. The Morgan fingerprint density at radius 1 is 1.06 bits per heavy atom. The van der Waals surface area contributed by atoms with Crippen molar-refractivity contribution in [1.29, 1.82) is 0 Å². The predicted molar refractivity (Wildman–Crippen MR) is 123 cm³/mol. The second-order valence-electron chi connectivity index (χ2n) is 8.63. The third kappa shape index (κ3) is 4.93. The highest BCUT2D eigenvalue weighted by Crippen LogP contribution is 2.31. The molecule has 1 aliphatic rings. The molecule has 0 spiro atoms. The van der Waals surface area contributed by atoms with E-state index in [0.29, 0.717) is 49.4 Å². The van der Waals surface area contributed by atoms with Gasteiger partial charge in [-0.05, 0) is 43.2 Å².